The van der Waals surface area contributed by atoms with Crippen LogP contribution in [0, 0.1) is 10.8 Å². The molecule has 5 N–H and O–H groups in total. The Balaban J connectivity index is 4.69. The van der Waals surface area contributed by atoms with Crippen molar-refractivity contribution in [3.05, 3.63) is 0 Å². The van der Waals surface area contributed by atoms with Crippen molar-refractivity contribution in [2.75, 3.05) is 7.05 Å². The van der Waals surface area contributed by atoms with E-state index in [1.807, 2.05) is 0 Å². The highest BCUT2D eigenvalue weighted by molar-refractivity contribution is 5.85. The van der Waals surface area contributed by atoms with Gasteiger partial charge in [-0.25, -0.2) is 11.3 Å². The van der Waals surface area contributed by atoms with Crippen LogP contribution in [0.25, 0.3) is 0 Å². The second-order valence-electron chi connectivity index (χ2n) is 5.12. The van der Waals surface area contributed by atoms with Crippen molar-refractivity contribution in [2.45, 2.75) is 34.1 Å². The highest BCUT2D eigenvalue weighted by atomic mass is 16.2. The van der Waals surface area contributed by atoms with Crippen molar-refractivity contribution in [1.82, 2.24) is 16.3 Å². The van der Waals surface area contributed by atoms with Crippen LogP contribution in [0.3, 0.4) is 0 Å². The summed E-state index contributed by atoms with van der Waals surface area (Å²) in [6.07, 6.45) is 0.399. The molecule has 0 rings (SSSR count). The molecule has 0 aliphatic rings. The van der Waals surface area contributed by atoms with Crippen molar-refractivity contribution < 1.29 is 9.59 Å². The van der Waals surface area contributed by atoms with Gasteiger partial charge < -0.3 is 0 Å². The topological polar surface area (TPSA) is 96.2 Å². The monoisotopic (exact) mass is 230 g/mol. The fourth-order valence-corrected chi connectivity index (χ4v) is 1.74. The molecule has 0 unspecified atom stereocenters. The number of nitrogens with two attached hydrogens (primary N) is 1. The standard InChI is InChI=1S/C10H22N4O2/c1-9(2,7(15)13-11)6-10(3,4)8(16)14-12-5/h12H,6,11H2,1-5H3,(H,13,15)(H,14,16). The summed E-state index contributed by atoms with van der Waals surface area (Å²) in [7, 11) is 1.62. The maximum absolute atomic E-state index is 11.7. The summed E-state index contributed by atoms with van der Waals surface area (Å²) in [5, 5.41) is 0. The Kier molecular flexibility index (Phi) is 4.89. The van der Waals surface area contributed by atoms with Crippen molar-refractivity contribution in [3.8, 4) is 0 Å². The van der Waals surface area contributed by atoms with E-state index in [-0.39, 0.29) is 11.8 Å². The Bertz CT molecular complexity index is 274. The average Bonchev–Trinajstić information content (AvgIpc) is 2.15. The molecule has 0 spiro atoms. The Labute approximate surface area is 96.3 Å². The lowest BCUT2D eigenvalue weighted by Crippen LogP contribution is -2.48. The molecule has 0 aliphatic carbocycles. The van der Waals surface area contributed by atoms with Crippen molar-refractivity contribution >= 4 is 11.8 Å². The molecule has 0 fully saturated rings. The number of rotatable bonds is 5. The zero-order chi connectivity index (χ0) is 13.0. The van der Waals surface area contributed by atoms with Gasteiger partial charge in [-0.15, -0.1) is 0 Å². The third kappa shape index (κ3) is 3.79. The minimum atomic E-state index is -0.691. The summed E-state index contributed by atoms with van der Waals surface area (Å²) in [5.41, 5.74) is 5.86. The van der Waals surface area contributed by atoms with Gasteiger partial charge in [0.2, 0.25) is 11.8 Å². The first-order valence-corrected chi connectivity index (χ1v) is 5.15. The van der Waals surface area contributed by atoms with Crippen LogP contribution in [0.1, 0.15) is 34.1 Å². The van der Waals surface area contributed by atoms with Crippen LogP contribution in [0.5, 0.6) is 0 Å². The van der Waals surface area contributed by atoms with Crippen molar-refractivity contribution in [1.29, 1.82) is 0 Å². The van der Waals surface area contributed by atoms with Gasteiger partial charge in [-0.1, -0.05) is 27.7 Å². The molecule has 0 aliphatic heterocycles. The Morgan fingerprint density at radius 3 is 1.88 bits per heavy atom. The van der Waals surface area contributed by atoms with Gasteiger partial charge in [-0.05, 0) is 6.42 Å². The van der Waals surface area contributed by atoms with Gasteiger partial charge >= 0.3 is 0 Å². The van der Waals surface area contributed by atoms with Crippen molar-refractivity contribution in [3.63, 3.8) is 0 Å². The number of hydrogen-bond donors (Lipinski definition) is 4. The predicted octanol–water partition coefficient (Wildman–Crippen LogP) is -0.331. The lowest BCUT2D eigenvalue weighted by Gasteiger charge is -2.32. The molecule has 0 heterocycles. The van der Waals surface area contributed by atoms with Gasteiger partial charge in [0.1, 0.15) is 0 Å². The number of amides is 2. The fraction of sp³-hybridized carbons (Fsp3) is 0.800. The van der Waals surface area contributed by atoms with Gasteiger partial charge in [0, 0.05) is 17.9 Å². The molecule has 0 bridgehead atoms. The van der Waals surface area contributed by atoms with Crippen LogP contribution in [0.2, 0.25) is 0 Å². The lowest BCUT2D eigenvalue weighted by atomic mass is 9.74. The van der Waals surface area contributed by atoms with Crippen LogP contribution in [0.4, 0.5) is 0 Å². The second-order valence-corrected chi connectivity index (χ2v) is 5.12. The van der Waals surface area contributed by atoms with Crippen LogP contribution in [-0.4, -0.2) is 18.9 Å². The molecule has 0 saturated carbocycles. The summed E-state index contributed by atoms with van der Waals surface area (Å²) in [6, 6.07) is 0. The molecular formula is C10H22N4O2. The second kappa shape index (κ2) is 5.27. The molecule has 0 radical (unpaired) electrons. The zero-order valence-electron chi connectivity index (χ0n) is 10.6. The molecule has 6 heteroatoms. The first kappa shape index (κ1) is 14.9. The van der Waals surface area contributed by atoms with E-state index in [1.54, 1.807) is 34.7 Å². The normalized spacial score (nSPS) is 12.1. The summed E-state index contributed by atoms with van der Waals surface area (Å²) < 4.78 is 0. The van der Waals surface area contributed by atoms with Crippen LogP contribution in [-0.2, 0) is 9.59 Å². The molecule has 0 aromatic rings. The third-order valence-corrected chi connectivity index (χ3v) is 2.48. The molecule has 2 amide bonds. The van der Waals surface area contributed by atoms with Crippen LogP contribution >= 0.6 is 0 Å². The maximum Gasteiger partial charge on any atom is 0.239 e. The van der Waals surface area contributed by atoms with E-state index < -0.39 is 10.8 Å². The van der Waals surface area contributed by atoms with E-state index in [9.17, 15) is 9.59 Å². The van der Waals surface area contributed by atoms with Gasteiger partial charge in [-0.3, -0.25) is 20.4 Å². The Hall–Kier alpha value is -1.14. The zero-order valence-corrected chi connectivity index (χ0v) is 10.6. The lowest BCUT2D eigenvalue weighted by molar-refractivity contribution is -0.136. The Morgan fingerprint density at radius 1 is 1.06 bits per heavy atom. The number of carbonyl (C=O) groups excluding carboxylic acids is 2. The summed E-state index contributed by atoms with van der Waals surface area (Å²) in [4.78, 5) is 23.2. The summed E-state index contributed by atoms with van der Waals surface area (Å²) in [6.45, 7) is 7.07. The number of carbonyl (C=O) groups is 2. The predicted molar refractivity (Wildman–Crippen MR) is 61.7 cm³/mol. The molecule has 6 nitrogen and oxygen atoms in total. The van der Waals surface area contributed by atoms with Gasteiger partial charge in [0.25, 0.3) is 0 Å². The third-order valence-electron chi connectivity index (χ3n) is 2.48. The first-order chi connectivity index (χ1) is 7.17. The number of hydrogen-bond acceptors (Lipinski definition) is 4. The average molecular weight is 230 g/mol. The SMILES string of the molecule is CNNC(=O)C(C)(C)CC(C)(C)C(=O)NN. The van der Waals surface area contributed by atoms with E-state index in [2.05, 4.69) is 16.3 Å². The molecule has 0 saturated heterocycles. The van der Waals surface area contributed by atoms with Gasteiger partial charge in [0.05, 0.1) is 0 Å². The minimum absolute atomic E-state index is 0.159. The minimum Gasteiger partial charge on any atom is -0.294 e. The van der Waals surface area contributed by atoms with Gasteiger partial charge in [0.15, 0.2) is 0 Å². The van der Waals surface area contributed by atoms with Crippen molar-refractivity contribution in [2.24, 2.45) is 16.7 Å². The Morgan fingerprint density at radius 2 is 1.50 bits per heavy atom. The highest BCUT2D eigenvalue weighted by Crippen LogP contribution is 2.33. The smallest absolute Gasteiger partial charge is 0.239 e. The highest BCUT2D eigenvalue weighted by Gasteiger charge is 2.38. The summed E-state index contributed by atoms with van der Waals surface area (Å²) in [5.74, 6) is 4.66. The van der Waals surface area contributed by atoms with E-state index in [0.717, 1.165) is 0 Å². The van der Waals surface area contributed by atoms with E-state index in [0.29, 0.717) is 6.42 Å². The molecule has 0 atom stereocenters. The van der Waals surface area contributed by atoms with E-state index in [1.165, 1.54) is 0 Å². The molecule has 0 aromatic heterocycles. The largest absolute Gasteiger partial charge is 0.294 e. The van der Waals surface area contributed by atoms with E-state index >= 15 is 0 Å². The quantitative estimate of drug-likeness (QED) is 0.295. The van der Waals surface area contributed by atoms with Crippen LogP contribution < -0.4 is 22.1 Å². The first-order valence-electron chi connectivity index (χ1n) is 5.15. The van der Waals surface area contributed by atoms with Crippen LogP contribution in [0.15, 0.2) is 0 Å². The maximum atomic E-state index is 11.7. The van der Waals surface area contributed by atoms with E-state index in [4.69, 9.17) is 5.84 Å². The number of nitrogens with one attached hydrogen (secondary N) is 3. The molecular weight excluding hydrogens is 208 g/mol. The number of hydrazine groups is 2. The fourth-order valence-electron chi connectivity index (χ4n) is 1.74. The summed E-state index contributed by atoms with van der Waals surface area (Å²) >= 11 is 0. The molecule has 16 heavy (non-hydrogen) atoms. The molecule has 0 aromatic carbocycles. The molecule has 94 valence electrons. The van der Waals surface area contributed by atoms with Gasteiger partial charge in [-0.2, -0.15) is 0 Å².